The van der Waals surface area contributed by atoms with Crippen LogP contribution in [0.3, 0.4) is 0 Å². The molecule has 1 aromatic heterocycles. The predicted molar refractivity (Wildman–Crippen MR) is 64.2 cm³/mol. The van der Waals surface area contributed by atoms with Crippen LogP contribution in [0.2, 0.25) is 0 Å². The minimum absolute atomic E-state index is 0.516. The van der Waals surface area contributed by atoms with Crippen LogP contribution >= 0.6 is 11.3 Å². The number of nitrogens with zero attached hydrogens (tertiary/aromatic N) is 2. The van der Waals surface area contributed by atoms with Gasteiger partial charge in [0.05, 0.1) is 6.04 Å². The molecule has 0 aliphatic carbocycles. The van der Waals surface area contributed by atoms with Crippen molar-refractivity contribution in [3.63, 3.8) is 0 Å². The molecule has 1 saturated heterocycles. The fourth-order valence-corrected chi connectivity index (χ4v) is 3.11. The molecule has 4 heteroatoms. The Balaban J connectivity index is 2.11. The number of piperazine rings is 1. The van der Waals surface area contributed by atoms with E-state index in [0.717, 1.165) is 26.1 Å². The highest BCUT2D eigenvalue weighted by atomic mass is 32.1. The fourth-order valence-electron chi connectivity index (χ4n) is 2.27. The Bertz CT molecular complexity index is 286. The summed E-state index contributed by atoms with van der Waals surface area (Å²) in [5.41, 5.74) is 0. The van der Waals surface area contributed by atoms with Gasteiger partial charge in [0.2, 0.25) is 0 Å². The predicted octanol–water partition coefficient (Wildman–Crippen LogP) is 1.89. The van der Waals surface area contributed by atoms with Crippen LogP contribution in [0, 0.1) is 0 Å². The van der Waals surface area contributed by atoms with Gasteiger partial charge < -0.3 is 5.32 Å². The molecule has 2 rings (SSSR count). The van der Waals surface area contributed by atoms with Gasteiger partial charge >= 0.3 is 0 Å². The Kier molecular flexibility index (Phi) is 3.72. The highest BCUT2D eigenvalue weighted by molar-refractivity contribution is 7.09. The Morgan fingerprint density at radius 3 is 3.20 bits per heavy atom. The summed E-state index contributed by atoms with van der Waals surface area (Å²) in [7, 11) is 0. The van der Waals surface area contributed by atoms with Crippen LogP contribution in [0.15, 0.2) is 11.6 Å². The molecule has 3 nitrogen and oxygen atoms in total. The van der Waals surface area contributed by atoms with Gasteiger partial charge in [0.1, 0.15) is 5.01 Å². The van der Waals surface area contributed by atoms with Gasteiger partial charge in [-0.05, 0) is 13.3 Å². The smallest absolute Gasteiger partial charge is 0.110 e. The van der Waals surface area contributed by atoms with Crippen molar-refractivity contribution in [1.82, 2.24) is 15.2 Å². The lowest BCUT2D eigenvalue weighted by Crippen LogP contribution is -2.50. The van der Waals surface area contributed by atoms with Gasteiger partial charge in [-0.15, -0.1) is 11.3 Å². The van der Waals surface area contributed by atoms with E-state index in [1.54, 1.807) is 11.3 Å². The topological polar surface area (TPSA) is 28.2 Å². The maximum Gasteiger partial charge on any atom is 0.110 e. The number of rotatable bonds is 3. The van der Waals surface area contributed by atoms with Crippen LogP contribution in [0.25, 0.3) is 0 Å². The van der Waals surface area contributed by atoms with Crippen LogP contribution in [0.1, 0.15) is 31.3 Å². The fraction of sp³-hybridized carbons (Fsp3) is 0.727. The number of aromatic nitrogens is 1. The maximum atomic E-state index is 4.45. The lowest BCUT2D eigenvalue weighted by molar-refractivity contribution is 0.113. The van der Waals surface area contributed by atoms with Crippen molar-refractivity contribution >= 4 is 11.3 Å². The van der Waals surface area contributed by atoms with Crippen molar-refractivity contribution < 1.29 is 0 Å². The van der Waals surface area contributed by atoms with Gasteiger partial charge in [-0.1, -0.05) is 6.92 Å². The Morgan fingerprint density at radius 1 is 1.73 bits per heavy atom. The first-order valence-corrected chi connectivity index (χ1v) is 6.56. The van der Waals surface area contributed by atoms with E-state index in [0.29, 0.717) is 12.1 Å². The van der Waals surface area contributed by atoms with Crippen LogP contribution < -0.4 is 5.32 Å². The standard InChI is InChI=1S/C11H19N3S/c1-3-10(11-13-5-7-15-11)14-6-4-12-8-9(14)2/h5,7,9-10,12H,3-4,6,8H2,1-2H3. The average molecular weight is 225 g/mol. The van der Waals surface area contributed by atoms with Crippen molar-refractivity contribution in [3.05, 3.63) is 16.6 Å². The van der Waals surface area contributed by atoms with Crippen LogP contribution in [-0.2, 0) is 0 Å². The summed E-state index contributed by atoms with van der Waals surface area (Å²) < 4.78 is 0. The van der Waals surface area contributed by atoms with Crippen LogP contribution in [-0.4, -0.2) is 35.6 Å². The zero-order chi connectivity index (χ0) is 10.7. The molecule has 1 aromatic rings. The molecule has 1 fully saturated rings. The lowest BCUT2D eigenvalue weighted by Gasteiger charge is -2.38. The molecule has 0 amide bonds. The monoisotopic (exact) mass is 225 g/mol. The highest BCUT2D eigenvalue weighted by Crippen LogP contribution is 2.27. The number of nitrogens with one attached hydrogen (secondary N) is 1. The first-order chi connectivity index (χ1) is 7.33. The van der Waals surface area contributed by atoms with Gasteiger partial charge in [0.25, 0.3) is 0 Å². The van der Waals surface area contributed by atoms with Gasteiger partial charge in [0.15, 0.2) is 0 Å². The van der Waals surface area contributed by atoms with Gasteiger partial charge in [-0.25, -0.2) is 4.98 Å². The second-order valence-electron chi connectivity index (χ2n) is 4.09. The molecule has 1 N–H and O–H groups in total. The number of hydrogen-bond donors (Lipinski definition) is 1. The zero-order valence-corrected chi connectivity index (χ0v) is 10.3. The molecular weight excluding hydrogens is 206 g/mol. The van der Waals surface area contributed by atoms with Crippen molar-refractivity contribution in [2.24, 2.45) is 0 Å². The summed E-state index contributed by atoms with van der Waals surface area (Å²) in [6.45, 7) is 7.89. The largest absolute Gasteiger partial charge is 0.314 e. The third-order valence-corrected chi connectivity index (χ3v) is 3.95. The average Bonchev–Trinajstić information content (AvgIpc) is 2.75. The van der Waals surface area contributed by atoms with E-state index in [9.17, 15) is 0 Å². The molecule has 0 saturated carbocycles. The quantitative estimate of drug-likeness (QED) is 0.851. The molecular formula is C11H19N3S. The Morgan fingerprint density at radius 2 is 2.60 bits per heavy atom. The summed E-state index contributed by atoms with van der Waals surface area (Å²) >= 11 is 1.78. The van der Waals surface area contributed by atoms with E-state index in [2.05, 4.69) is 34.4 Å². The van der Waals surface area contributed by atoms with E-state index in [-0.39, 0.29) is 0 Å². The second-order valence-corrected chi connectivity index (χ2v) is 5.01. The van der Waals surface area contributed by atoms with Gasteiger partial charge in [-0.2, -0.15) is 0 Å². The summed E-state index contributed by atoms with van der Waals surface area (Å²) in [4.78, 5) is 7.03. The van der Waals surface area contributed by atoms with Crippen molar-refractivity contribution in [2.75, 3.05) is 19.6 Å². The molecule has 0 aromatic carbocycles. The van der Waals surface area contributed by atoms with Gasteiger partial charge in [0, 0.05) is 37.3 Å². The molecule has 0 radical (unpaired) electrons. The second kappa shape index (κ2) is 5.05. The molecule has 1 aliphatic heterocycles. The van der Waals surface area contributed by atoms with E-state index >= 15 is 0 Å². The normalized spacial score (nSPS) is 25.3. The minimum Gasteiger partial charge on any atom is -0.314 e. The van der Waals surface area contributed by atoms with Crippen LogP contribution in [0.4, 0.5) is 0 Å². The van der Waals surface area contributed by atoms with E-state index in [1.807, 2.05) is 6.20 Å². The van der Waals surface area contributed by atoms with E-state index in [1.165, 1.54) is 5.01 Å². The molecule has 15 heavy (non-hydrogen) atoms. The van der Waals surface area contributed by atoms with E-state index < -0.39 is 0 Å². The molecule has 0 bridgehead atoms. The van der Waals surface area contributed by atoms with Crippen LogP contribution in [0.5, 0.6) is 0 Å². The third-order valence-electron chi connectivity index (χ3n) is 3.08. The Labute approximate surface area is 95.5 Å². The van der Waals surface area contributed by atoms with Gasteiger partial charge in [-0.3, -0.25) is 4.90 Å². The summed E-state index contributed by atoms with van der Waals surface area (Å²) in [5, 5.41) is 6.77. The van der Waals surface area contributed by atoms with Crippen molar-refractivity contribution in [2.45, 2.75) is 32.4 Å². The lowest BCUT2D eigenvalue weighted by atomic mass is 10.1. The van der Waals surface area contributed by atoms with E-state index in [4.69, 9.17) is 0 Å². The third kappa shape index (κ3) is 2.38. The zero-order valence-electron chi connectivity index (χ0n) is 9.44. The molecule has 1 aliphatic rings. The summed E-state index contributed by atoms with van der Waals surface area (Å²) in [6, 6.07) is 1.13. The first-order valence-electron chi connectivity index (χ1n) is 5.68. The Hall–Kier alpha value is -0.450. The maximum absolute atomic E-state index is 4.45. The number of thiazole rings is 1. The summed E-state index contributed by atoms with van der Waals surface area (Å²) in [6.07, 6.45) is 3.06. The highest BCUT2D eigenvalue weighted by Gasteiger charge is 2.27. The number of hydrogen-bond acceptors (Lipinski definition) is 4. The molecule has 0 spiro atoms. The summed E-state index contributed by atoms with van der Waals surface area (Å²) in [5.74, 6) is 0. The minimum atomic E-state index is 0.516. The molecule has 2 atom stereocenters. The molecule has 84 valence electrons. The molecule has 2 unspecified atom stereocenters. The molecule has 2 heterocycles. The van der Waals surface area contributed by atoms with Crippen molar-refractivity contribution in [3.8, 4) is 0 Å². The SMILES string of the molecule is CCC(c1nccs1)N1CCNCC1C. The van der Waals surface area contributed by atoms with Crippen molar-refractivity contribution in [1.29, 1.82) is 0 Å². The first kappa shape index (κ1) is 11.0.